The zero-order chi connectivity index (χ0) is 21.1. The Morgan fingerprint density at radius 1 is 0.800 bits per heavy atom. The van der Waals surface area contributed by atoms with Crippen LogP contribution in [0.2, 0.25) is 0 Å². The molecular formula is C24H23N3O3. The monoisotopic (exact) mass is 401 g/mol. The van der Waals surface area contributed by atoms with E-state index in [2.05, 4.69) is 10.6 Å². The van der Waals surface area contributed by atoms with Gasteiger partial charge in [-0.3, -0.25) is 14.5 Å². The molecule has 30 heavy (non-hydrogen) atoms. The van der Waals surface area contributed by atoms with Gasteiger partial charge in [-0.2, -0.15) is 0 Å². The number of aryl methyl sites for hydroxylation is 1. The Kier molecular flexibility index (Phi) is 5.50. The molecular weight excluding hydrogens is 378 g/mol. The maximum absolute atomic E-state index is 12.4. The van der Waals surface area contributed by atoms with E-state index in [1.807, 2.05) is 73.7 Å². The lowest BCUT2D eigenvalue weighted by atomic mass is 10.1. The van der Waals surface area contributed by atoms with Gasteiger partial charge >= 0.3 is 0 Å². The van der Waals surface area contributed by atoms with Crippen LogP contribution in [-0.2, 0) is 9.59 Å². The van der Waals surface area contributed by atoms with Crippen molar-refractivity contribution in [2.75, 3.05) is 30.8 Å². The number of hydrogen-bond donors (Lipinski definition) is 2. The lowest BCUT2D eigenvalue weighted by Crippen LogP contribution is -2.36. The number of para-hydroxylation sites is 1. The molecule has 1 aromatic heterocycles. The summed E-state index contributed by atoms with van der Waals surface area (Å²) in [7, 11) is 1.74. The van der Waals surface area contributed by atoms with Crippen LogP contribution < -0.4 is 10.6 Å². The molecule has 0 radical (unpaired) electrons. The quantitative estimate of drug-likeness (QED) is 0.502. The third-order valence-corrected chi connectivity index (χ3v) is 4.82. The standard InChI is InChI=1S/C24H23N3O3/c1-16-7-9-17(10-8-16)25-23(28)14-27(2)15-24(29)26-18-11-12-22-20(13-18)19-5-3-4-6-21(19)30-22/h3-13H,14-15H2,1-2H3,(H,25,28)(H,26,29). The summed E-state index contributed by atoms with van der Waals surface area (Å²) >= 11 is 0. The van der Waals surface area contributed by atoms with Crippen LogP contribution in [0.3, 0.4) is 0 Å². The molecule has 3 aromatic carbocycles. The van der Waals surface area contributed by atoms with Crippen molar-refractivity contribution in [3.8, 4) is 0 Å². The largest absolute Gasteiger partial charge is 0.456 e. The van der Waals surface area contributed by atoms with E-state index < -0.39 is 0 Å². The van der Waals surface area contributed by atoms with Crippen molar-refractivity contribution < 1.29 is 14.0 Å². The molecule has 2 N–H and O–H groups in total. The van der Waals surface area contributed by atoms with Gasteiger partial charge in [-0.1, -0.05) is 35.9 Å². The molecule has 2 amide bonds. The molecule has 4 aromatic rings. The van der Waals surface area contributed by atoms with Gasteiger partial charge in [0, 0.05) is 22.1 Å². The summed E-state index contributed by atoms with van der Waals surface area (Å²) in [6.45, 7) is 2.21. The average molecular weight is 401 g/mol. The number of benzene rings is 3. The summed E-state index contributed by atoms with van der Waals surface area (Å²) in [6.07, 6.45) is 0. The average Bonchev–Trinajstić information content (AvgIpc) is 3.07. The molecule has 0 atom stereocenters. The first-order valence-electron chi connectivity index (χ1n) is 9.74. The van der Waals surface area contributed by atoms with Crippen LogP contribution >= 0.6 is 0 Å². The maximum Gasteiger partial charge on any atom is 0.238 e. The lowest BCUT2D eigenvalue weighted by molar-refractivity contribution is -0.119. The normalized spacial score (nSPS) is 11.2. The van der Waals surface area contributed by atoms with Crippen molar-refractivity contribution >= 4 is 45.1 Å². The number of carbonyl (C=O) groups is 2. The van der Waals surface area contributed by atoms with Crippen molar-refractivity contribution in [2.24, 2.45) is 0 Å². The lowest BCUT2D eigenvalue weighted by Gasteiger charge is -2.16. The van der Waals surface area contributed by atoms with Gasteiger partial charge in [-0.25, -0.2) is 0 Å². The van der Waals surface area contributed by atoms with E-state index in [0.29, 0.717) is 5.69 Å². The van der Waals surface area contributed by atoms with E-state index in [1.54, 1.807) is 11.9 Å². The predicted octanol–water partition coefficient (Wildman–Crippen LogP) is 4.40. The van der Waals surface area contributed by atoms with Crippen LogP contribution in [0.5, 0.6) is 0 Å². The van der Waals surface area contributed by atoms with Crippen LogP contribution in [0.15, 0.2) is 71.1 Å². The minimum atomic E-state index is -0.187. The minimum Gasteiger partial charge on any atom is -0.456 e. The third-order valence-electron chi connectivity index (χ3n) is 4.82. The number of rotatable bonds is 6. The van der Waals surface area contributed by atoms with E-state index in [9.17, 15) is 9.59 Å². The smallest absolute Gasteiger partial charge is 0.238 e. The fourth-order valence-corrected chi connectivity index (χ4v) is 3.39. The molecule has 6 nitrogen and oxygen atoms in total. The Hall–Kier alpha value is -3.64. The van der Waals surface area contributed by atoms with Crippen molar-refractivity contribution in [3.05, 3.63) is 72.3 Å². The number of nitrogens with zero attached hydrogens (tertiary/aromatic N) is 1. The number of likely N-dealkylation sites (N-methyl/N-ethyl adjacent to an activating group) is 1. The summed E-state index contributed by atoms with van der Waals surface area (Å²) in [4.78, 5) is 26.3. The fraction of sp³-hybridized carbons (Fsp3) is 0.167. The molecule has 0 saturated heterocycles. The fourth-order valence-electron chi connectivity index (χ4n) is 3.39. The molecule has 6 heteroatoms. The number of amides is 2. The molecule has 0 fully saturated rings. The van der Waals surface area contributed by atoms with Gasteiger partial charge in [0.15, 0.2) is 0 Å². The highest BCUT2D eigenvalue weighted by Gasteiger charge is 2.13. The van der Waals surface area contributed by atoms with Crippen LogP contribution in [-0.4, -0.2) is 36.9 Å². The topological polar surface area (TPSA) is 74.6 Å². The van der Waals surface area contributed by atoms with Crippen LogP contribution in [0.4, 0.5) is 11.4 Å². The third kappa shape index (κ3) is 4.50. The number of furan rings is 1. The Bertz CT molecular complexity index is 1210. The molecule has 152 valence electrons. The molecule has 0 aliphatic carbocycles. The Morgan fingerprint density at radius 3 is 2.13 bits per heavy atom. The van der Waals surface area contributed by atoms with Crippen molar-refractivity contribution in [3.63, 3.8) is 0 Å². The Labute approximate surface area is 174 Å². The van der Waals surface area contributed by atoms with E-state index in [1.165, 1.54) is 0 Å². The van der Waals surface area contributed by atoms with Gasteiger partial charge in [0.2, 0.25) is 11.8 Å². The zero-order valence-corrected chi connectivity index (χ0v) is 16.9. The first-order chi connectivity index (χ1) is 14.5. The molecule has 1 heterocycles. The van der Waals surface area contributed by atoms with E-state index in [-0.39, 0.29) is 24.9 Å². The summed E-state index contributed by atoms with van der Waals surface area (Å²) in [5.41, 5.74) is 4.15. The maximum atomic E-state index is 12.4. The second-order valence-electron chi connectivity index (χ2n) is 7.44. The number of nitrogens with one attached hydrogen (secondary N) is 2. The van der Waals surface area contributed by atoms with Gasteiger partial charge < -0.3 is 15.1 Å². The highest BCUT2D eigenvalue weighted by Crippen LogP contribution is 2.30. The summed E-state index contributed by atoms with van der Waals surface area (Å²) < 4.78 is 5.81. The number of carbonyl (C=O) groups excluding carboxylic acids is 2. The summed E-state index contributed by atoms with van der Waals surface area (Å²) in [5, 5.41) is 7.69. The first kappa shape index (κ1) is 19.7. The molecule has 0 unspecified atom stereocenters. The van der Waals surface area contributed by atoms with E-state index >= 15 is 0 Å². The number of hydrogen-bond acceptors (Lipinski definition) is 4. The minimum absolute atomic E-state index is 0.103. The first-order valence-corrected chi connectivity index (χ1v) is 9.74. The van der Waals surface area contributed by atoms with Crippen LogP contribution in [0.25, 0.3) is 21.9 Å². The van der Waals surface area contributed by atoms with Gasteiger partial charge in [0.1, 0.15) is 11.2 Å². The highest BCUT2D eigenvalue weighted by atomic mass is 16.3. The van der Waals surface area contributed by atoms with Gasteiger partial charge in [-0.05, 0) is 50.4 Å². The number of fused-ring (bicyclic) bond motifs is 3. The van der Waals surface area contributed by atoms with Gasteiger partial charge in [0.05, 0.1) is 13.1 Å². The SMILES string of the molecule is Cc1ccc(NC(=O)CN(C)CC(=O)Nc2ccc3oc4ccccc4c3c2)cc1. The van der Waals surface area contributed by atoms with Gasteiger partial charge in [-0.15, -0.1) is 0 Å². The molecule has 4 rings (SSSR count). The van der Waals surface area contributed by atoms with Gasteiger partial charge in [0.25, 0.3) is 0 Å². The summed E-state index contributed by atoms with van der Waals surface area (Å²) in [5.74, 6) is -0.353. The molecule has 0 aliphatic rings. The second-order valence-corrected chi connectivity index (χ2v) is 7.44. The highest BCUT2D eigenvalue weighted by molar-refractivity contribution is 6.07. The number of anilines is 2. The van der Waals surface area contributed by atoms with Crippen molar-refractivity contribution in [1.29, 1.82) is 0 Å². The second kappa shape index (κ2) is 8.39. The van der Waals surface area contributed by atoms with Crippen molar-refractivity contribution in [1.82, 2.24) is 4.90 Å². The Morgan fingerprint density at radius 2 is 1.40 bits per heavy atom. The van der Waals surface area contributed by atoms with E-state index in [4.69, 9.17) is 4.42 Å². The summed E-state index contributed by atoms with van der Waals surface area (Å²) in [6, 6.07) is 21.0. The predicted molar refractivity (Wildman–Crippen MR) is 120 cm³/mol. The molecule has 0 bridgehead atoms. The van der Waals surface area contributed by atoms with Crippen LogP contribution in [0, 0.1) is 6.92 Å². The molecule has 0 spiro atoms. The Balaban J connectivity index is 1.35. The van der Waals surface area contributed by atoms with Crippen molar-refractivity contribution in [2.45, 2.75) is 6.92 Å². The van der Waals surface area contributed by atoms with Crippen LogP contribution in [0.1, 0.15) is 5.56 Å². The molecule has 0 aliphatic heterocycles. The zero-order valence-electron chi connectivity index (χ0n) is 16.9. The molecule has 0 saturated carbocycles. The van der Waals surface area contributed by atoms with E-state index in [0.717, 1.165) is 33.2 Å².